The maximum absolute atomic E-state index is 12.4. The standard InChI is InChI=1S/C16H14N2OS/c19-16(18-7-3-4-8-18)14-10-12-9-11-5-1-2-6-13(11)17-15(12)20-14/h1-2,5-6,9-10H,3-4,7-8H2. The lowest BCUT2D eigenvalue weighted by Gasteiger charge is -2.13. The van der Waals surface area contributed by atoms with Gasteiger partial charge in [0.1, 0.15) is 4.83 Å². The van der Waals surface area contributed by atoms with E-state index in [-0.39, 0.29) is 5.91 Å². The Morgan fingerprint density at radius 3 is 2.75 bits per heavy atom. The van der Waals surface area contributed by atoms with Crippen molar-refractivity contribution in [2.45, 2.75) is 12.8 Å². The maximum atomic E-state index is 12.4. The van der Waals surface area contributed by atoms with Crippen LogP contribution in [0.1, 0.15) is 22.5 Å². The average molecular weight is 282 g/mol. The number of para-hydroxylation sites is 1. The van der Waals surface area contributed by atoms with E-state index in [4.69, 9.17) is 0 Å². The van der Waals surface area contributed by atoms with Gasteiger partial charge < -0.3 is 4.90 Å². The molecule has 3 nitrogen and oxygen atoms in total. The van der Waals surface area contributed by atoms with E-state index in [9.17, 15) is 4.79 Å². The lowest BCUT2D eigenvalue weighted by molar-refractivity contribution is 0.0797. The summed E-state index contributed by atoms with van der Waals surface area (Å²) >= 11 is 1.50. The third-order valence-electron chi connectivity index (χ3n) is 3.81. The lowest BCUT2D eigenvalue weighted by Crippen LogP contribution is -2.26. The van der Waals surface area contributed by atoms with Gasteiger partial charge in [0, 0.05) is 23.9 Å². The Morgan fingerprint density at radius 2 is 1.90 bits per heavy atom. The third-order valence-corrected chi connectivity index (χ3v) is 4.85. The zero-order chi connectivity index (χ0) is 13.5. The van der Waals surface area contributed by atoms with Crippen LogP contribution in [0.3, 0.4) is 0 Å². The Morgan fingerprint density at radius 1 is 1.10 bits per heavy atom. The number of likely N-dealkylation sites (tertiary alicyclic amines) is 1. The molecule has 0 bridgehead atoms. The van der Waals surface area contributed by atoms with E-state index in [1.165, 1.54) is 11.3 Å². The van der Waals surface area contributed by atoms with Crippen molar-refractivity contribution in [3.8, 4) is 0 Å². The summed E-state index contributed by atoms with van der Waals surface area (Å²) in [7, 11) is 0. The number of amides is 1. The molecular weight excluding hydrogens is 268 g/mol. The highest BCUT2D eigenvalue weighted by Gasteiger charge is 2.21. The van der Waals surface area contributed by atoms with Gasteiger partial charge in [0.25, 0.3) is 5.91 Å². The van der Waals surface area contributed by atoms with Gasteiger partial charge in [-0.3, -0.25) is 4.79 Å². The van der Waals surface area contributed by atoms with E-state index < -0.39 is 0 Å². The zero-order valence-corrected chi connectivity index (χ0v) is 11.8. The molecule has 0 unspecified atom stereocenters. The molecule has 0 saturated carbocycles. The number of aromatic nitrogens is 1. The minimum absolute atomic E-state index is 0.162. The third kappa shape index (κ3) is 1.88. The molecule has 1 amide bonds. The maximum Gasteiger partial charge on any atom is 0.264 e. The van der Waals surface area contributed by atoms with Crippen LogP contribution in [-0.4, -0.2) is 28.9 Å². The Hall–Kier alpha value is -1.94. The first kappa shape index (κ1) is 11.9. The molecule has 2 aromatic heterocycles. The summed E-state index contributed by atoms with van der Waals surface area (Å²) in [5, 5.41) is 2.19. The Kier molecular flexibility index (Phi) is 2.70. The minimum Gasteiger partial charge on any atom is -0.338 e. The first-order chi connectivity index (χ1) is 9.81. The molecule has 3 aromatic rings. The van der Waals surface area contributed by atoms with Gasteiger partial charge in [-0.2, -0.15) is 0 Å². The second-order valence-corrected chi connectivity index (χ2v) is 6.22. The van der Waals surface area contributed by atoms with E-state index in [1.807, 2.05) is 29.2 Å². The van der Waals surface area contributed by atoms with Crippen molar-refractivity contribution in [2.75, 3.05) is 13.1 Å². The van der Waals surface area contributed by atoms with Crippen LogP contribution in [0.4, 0.5) is 0 Å². The van der Waals surface area contributed by atoms with Gasteiger partial charge in [0.15, 0.2) is 0 Å². The minimum atomic E-state index is 0.162. The summed E-state index contributed by atoms with van der Waals surface area (Å²) in [6.07, 6.45) is 2.25. The summed E-state index contributed by atoms with van der Waals surface area (Å²) in [6.45, 7) is 1.78. The van der Waals surface area contributed by atoms with Crippen molar-refractivity contribution in [2.24, 2.45) is 0 Å². The Balaban J connectivity index is 1.81. The fourth-order valence-corrected chi connectivity index (χ4v) is 3.75. The SMILES string of the molecule is O=C(c1cc2cc3ccccc3nc2s1)N1CCCC1. The number of carbonyl (C=O) groups excluding carboxylic acids is 1. The molecule has 4 heteroatoms. The van der Waals surface area contributed by atoms with Crippen LogP contribution >= 0.6 is 11.3 Å². The van der Waals surface area contributed by atoms with Crippen molar-refractivity contribution in [1.82, 2.24) is 9.88 Å². The Bertz CT molecular complexity index is 750. The van der Waals surface area contributed by atoms with Gasteiger partial charge in [-0.25, -0.2) is 4.98 Å². The summed E-state index contributed by atoms with van der Waals surface area (Å²) in [5.74, 6) is 0.162. The summed E-state index contributed by atoms with van der Waals surface area (Å²) in [4.78, 5) is 20.8. The molecule has 1 aromatic carbocycles. The molecule has 0 aliphatic carbocycles. The molecule has 4 rings (SSSR count). The van der Waals surface area contributed by atoms with Crippen molar-refractivity contribution in [1.29, 1.82) is 0 Å². The molecule has 0 spiro atoms. The quantitative estimate of drug-likeness (QED) is 0.682. The van der Waals surface area contributed by atoms with Gasteiger partial charge in [-0.15, -0.1) is 11.3 Å². The Labute approximate surface area is 120 Å². The van der Waals surface area contributed by atoms with Crippen LogP contribution in [0.2, 0.25) is 0 Å². The molecule has 0 N–H and O–H groups in total. The molecule has 0 atom stereocenters. The first-order valence-electron chi connectivity index (χ1n) is 6.90. The molecular formula is C16H14N2OS. The molecule has 1 saturated heterocycles. The fraction of sp³-hybridized carbons (Fsp3) is 0.250. The fourth-order valence-electron chi connectivity index (χ4n) is 2.76. The molecule has 1 aliphatic rings. The van der Waals surface area contributed by atoms with Crippen LogP contribution in [0.5, 0.6) is 0 Å². The number of carbonyl (C=O) groups is 1. The van der Waals surface area contributed by atoms with Gasteiger partial charge in [0.05, 0.1) is 10.4 Å². The van der Waals surface area contributed by atoms with E-state index in [1.54, 1.807) is 0 Å². The van der Waals surface area contributed by atoms with E-state index in [0.29, 0.717) is 0 Å². The van der Waals surface area contributed by atoms with E-state index >= 15 is 0 Å². The summed E-state index contributed by atoms with van der Waals surface area (Å²) in [6, 6.07) is 12.2. The van der Waals surface area contributed by atoms with Crippen LogP contribution in [0.25, 0.3) is 21.1 Å². The predicted octanol–water partition coefficient (Wildman–Crippen LogP) is 3.69. The number of rotatable bonds is 1. The molecule has 3 heterocycles. The monoisotopic (exact) mass is 282 g/mol. The topological polar surface area (TPSA) is 33.2 Å². The molecule has 100 valence electrons. The molecule has 1 fully saturated rings. The van der Waals surface area contributed by atoms with Crippen LogP contribution in [-0.2, 0) is 0 Å². The number of hydrogen-bond acceptors (Lipinski definition) is 3. The zero-order valence-electron chi connectivity index (χ0n) is 11.0. The van der Waals surface area contributed by atoms with E-state index in [0.717, 1.165) is 51.9 Å². The van der Waals surface area contributed by atoms with Gasteiger partial charge in [-0.1, -0.05) is 18.2 Å². The van der Waals surface area contributed by atoms with Crippen molar-refractivity contribution < 1.29 is 4.79 Å². The van der Waals surface area contributed by atoms with Crippen LogP contribution in [0.15, 0.2) is 36.4 Å². The van der Waals surface area contributed by atoms with Crippen molar-refractivity contribution in [3.63, 3.8) is 0 Å². The number of benzene rings is 1. The number of hydrogen-bond donors (Lipinski definition) is 0. The summed E-state index contributed by atoms with van der Waals surface area (Å²) in [5.41, 5.74) is 0.988. The van der Waals surface area contributed by atoms with Crippen LogP contribution < -0.4 is 0 Å². The lowest BCUT2D eigenvalue weighted by atomic mass is 10.2. The van der Waals surface area contributed by atoms with Crippen molar-refractivity contribution in [3.05, 3.63) is 41.3 Å². The number of nitrogens with zero attached hydrogens (tertiary/aromatic N) is 2. The summed E-state index contributed by atoms with van der Waals surface area (Å²) < 4.78 is 0. The second-order valence-electron chi connectivity index (χ2n) is 5.19. The van der Waals surface area contributed by atoms with Crippen molar-refractivity contribution >= 4 is 38.4 Å². The van der Waals surface area contributed by atoms with Gasteiger partial charge in [0.2, 0.25) is 0 Å². The largest absolute Gasteiger partial charge is 0.338 e. The predicted molar refractivity (Wildman–Crippen MR) is 82.3 cm³/mol. The average Bonchev–Trinajstić information content (AvgIpc) is 3.13. The highest BCUT2D eigenvalue weighted by Crippen LogP contribution is 2.28. The number of fused-ring (bicyclic) bond motifs is 2. The normalized spacial score (nSPS) is 15.3. The molecule has 0 radical (unpaired) electrons. The molecule has 20 heavy (non-hydrogen) atoms. The van der Waals surface area contributed by atoms with Crippen LogP contribution in [0, 0.1) is 0 Å². The second kappa shape index (κ2) is 4.56. The smallest absolute Gasteiger partial charge is 0.264 e. The first-order valence-corrected chi connectivity index (χ1v) is 7.71. The molecule has 1 aliphatic heterocycles. The van der Waals surface area contributed by atoms with Gasteiger partial charge >= 0.3 is 0 Å². The van der Waals surface area contributed by atoms with E-state index in [2.05, 4.69) is 17.1 Å². The number of thiophene rings is 1. The highest BCUT2D eigenvalue weighted by molar-refractivity contribution is 7.20. The van der Waals surface area contributed by atoms with Gasteiger partial charge in [-0.05, 0) is 31.0 Å². The highest BCUT2D eigenvalue weighted by atomic mass is 32.1. The number of pyridine rings is 1.